The van der Waals surface area contributed by atoms with E-state index in [4.69, 9.17) is 46.2 Å². The zero-order valence-electron chi connectivity index (χ0n) is 51.4. The Morgan fingerprint density at radius 3 is 1.71 bits per heavy atom. The van der Waals surface area contributed by atoms with Crippen molar-refractivity contribution >= 4 is 81.5 Å². The van der Waals surface area contributed by atoms with E-state index in [2.05, 4.69) is 69.4 Å². The monoisotopic (exact) mass is 1330 g/mol. The third-order valence-corrected chi connectivity index (χ3v) is 22.5. The first-order chi connectivity index (χ1) is 42.0. The van der Waals surface area contributed by atoms with Crippen LogP contribution in [0.1, 0.15) is 117 Å². The number of nitrogens with zero attached hydrogens (tertiary/aromatic N) is 13. The SMILES string of the molecule is CN1C(N(COCC[Si](C)(C)C)C(=O)OC(C)(C)C)=N[C@](C)(c2cc(/C=C(\F)c3cnc(Cl)cn3)ccc2F)C2(CC2)S1(=O)=O.Cc1noc(CO)n1.Cc1noc(COc2cnc(/C(F)=C/c3ccc(F)c([C@@]4(C)N=C(N)N(C)S(=O)(=O)C45CC5)c3)cn2)n1. The minimum atomic E-state index is -4.19. The van der Waals surface area contributed by atoms with Crippen molar-refractivity contribution in [3.05, 3.63) is 135 Å². The Balaban J connectivity index is 0.000000209. The van der Waals surface area contributed by atoms with E-state index in [9.17, 15) is 21.6 Å². The second kappa shape index (κ2) is 25.8. The summed E-state index contributed by atoms with van der Waals surface area (Å²) >= 11 is 5.76. The highest BCUT2D eigenvalue weighted by molar-refractivity contribution is 7.91. The number of hydrogen-bond acceptors (Lipinski definition) is 22. The van der Waals surface area contributed by atoms with E-state index in [1.807, 2.05) is 0 Å². The molecule has 2 aliphatic heterocycles. The van der Waals surface area contributed by atoms with Gasteiger partial charge in [-0.3, -0.25) is 0 Å². The number of guanidine groups is 2. The standard InChI is InChI=1S/C30H40ClF2N5O5SSi.C23H23F2N7O4S.C4H6N2O2/c1-28(2,3)43-27(39)38(19-42-13-14-45(6,7)8)26-36-29(4,30(11-12-30)44(40,41)37(26)5)21-15-20(9-10-22(21)32)16-23(33)24-17-35-25(31)18-34-24;1-13-29-20(36-31-13)12-35-19-11-27-18(10-28-19)17(25)9-14-4-5-16(24)15(8-14)22(2)23(6-7-23)37(33,34)32(3)21(26)30-22;1-3-5-4(2-7)8-6-3/h9-10,15-18H,11-14,19H2,1-8H3;4-5,8-11H,6-7,12H2,1-3H3,(H2,26,30);7H,2H2,1H3/b23-16-;17-9-;/t29-;22-;/m11./s1. The number of rotatable bonds is 15. The molecule has 10 rings (SSSR count). The Kier molecular flexibility index (Phi) is 19.6. The van der Waals surface area contributed by atoms with Crippen LogP contribution in [0.2, 0.25) is 30.8 Å². The number of nitrogens with two attached hydrogens (primary N) is 1. The van der Waals surface area contributed by atoms with Crippen LogP contribution < -0.4 is 10.5 Å². The van der Waals surface area contributed by atoms with Crippen molar-refractivity contribution in [3.8, 4) is 5.88 Å². The highest BCUT2D eigenvalue weighted by Gasteiger charge is 2.72. The average molecular weight is 1330 g/mol. The van der Waals surface area contributed by atoms with Crippen molar-refractivity contribution in [1.82, 2.24) is 53.7 Å². The molecule has 0 saturated heterocycles. The van der Waals surface area contributed by atoms with Gasteiger partial charge in [-0.15, -0.1) is 0 Å². The van der Waals surface area contributed by atoms with Crippen molar-refractivity contribution in [3.63, 3.8) is 0 Å². The molecule has 4 aromatic heterocycles. The number of aliphatic imine (C=N–C) groups is 2. The van der Waals surface area contributed by atoms with Crippen molar-refractivity contribution < 1.29 is 67.6 Å². The second-order valence-electron chi connectivity index (χ2n) is 24.1. The number of halogens is 5. The summed E-state index contributed by atoms with van der Waals surface area (Å²) < 4.78 is 141. The second-order valence-corrected chi connectivity index (χ2v) is 34.6. The van der Waals surface area contributed by atoms with Gasteiger partial charge in [0.1, 0.15) is 67.7 Å². The van der Waals surface area contributed by atoms with Crippen LogP contribution in [0.15, 0.2) is 80.2 Å². The lowest BCUT2D eigenvalue weighted by Crippen LogP contribution is -2.61. The molecule has 0 radical (unpaired) electrons. The van der Waals surface area contributed by atoms with Gasteiger partial charge in [-0.1, -0.05) is 53.7 Å². The lowest BCUT2D eigenvalue weighted by Gasteiger charge is -2.45. The number of ether oxygens (including phenoxy) is 3. The molecule has 33 heteroatoms. The molecule has 2 atom stereocenters. The molecule has 25 nitrogen and oxygen atoms in total. The first kappa shape index (κ1) is 68.1. The molecule has 4 aliphatic rings. The molecule has 6 aromatic rings. The summed E-state index contributed by atoms with van der Waals surface area (Å²) in [5.74, 6) is -1.74. The zero-order valence-corrected chi connectivity index (χ0v) is 54.8. The summed E-state index contributed by atoms with van der Waals surface area (Å²) in [5, 5.41) is 15.5. The van der Waals surface area contributed by atoms with E-state index in [-0.39, 0.29) is 101 Å². The van der Waals surface area contributed by atoms with E-state index in [1.54, 1.807) is 41.5 Å². The van der Waals surface area contributed by atoms with Gasteiger partial charge in [0, 0.05) is 39.9 Å². The van der Waals surface area contributed by atoms with E-state index >= 15 is 17.6 Å². The van der Waals surface area contributed by atoms with Gasteiger partial charge in [-0.05, 0) is 128 Å². The van der Waals surface area contributed by atoms with Crippen LogP contribution in [0.3, 0.4) is 0 Å². The van der Waals surface area contributed by atoms with Crippen LogP contribution >= 0.6 is 11.6 Å². The fourth-order valence-electron chi connectivity index (χ4n) is 9.97. The maximum absolute atomic E-state index is 15.7. The lowest BCUT2D eigenvalue weighted by atomic mass is 9.85. The smallest absolute Gasteiger partial charge is 0.419 e. The van der Waals surface area contributed by atoms with Gasteiger partial charge in [0.15, 0.2) is 29.9 Å². The van der Waals surface area contributed by atoms with E-state index < -0.39 is 83.7 Å². The van der Waals surface area contributed by atoms with Crippen LogP contribution in [0, 0.1) is 25.5 Å². The van der Waals surface area contributed by atoms with E-state index in [0.717, 1.165) is 50.0 Å². The number of carbonyl (C=O) groups excluding carboxylic acids is 1. The molecule has 2 aromatic carbocycles. The normalized spacial score (nSPS) is 20.5. The molecule has 1 amide bonds. The lowest BCUT2D eigenvalue weighted by molar-refractivity contribution is 0.00787. The molecule has 2 aliphatic carbocycles. The third kappa shape index (κ3) is 14.2. The Morgan fingerprint density at radius 2 is 1.28 bits per heavy atom. The zero-order chi connectivity index (χ0) is 66.2. The van der Waals surface area contributed by atoms with Gasteiger partial charge in [0.25, 0.3) is 11.8 Å². The minimum Gasteiger partial charge on any atom is -0.466 e. The number of aryl methyl sites for hydroxylation is 2. The largest absolute Gasteiger partial charge is 0.466 e. The number of sulfonamides is 2. The number of aromatic nitrogens is 8. The summed E-state index contributed by atoms with van der Waals surface area (Å²) in [6, 6.07) is 8.56. The topological polar surface area (TPSA) is 323 Å². The summed E-state index contributed by atoms with van der Waals surface area (Å²) in [7, 11) is -6.92. The van der Waals surface area contributed by atoms with Crippen LogP contribution in [-0.4, -0.2) is 144 Å². The van der Waals surface area contributed by atoms with E-state index in [0.29, 0.717) is 31.1 Å². The van der Waals surface area contributed by atoms with Crippen LogP contribution in [-0.2, 0) is 53.8 Å². The summed E-state index contributed by atoms with van der Waals surface area (Å²) in [4.78, 5) is 47.3. The van der Waals surface area contributed by atoms with Crippen molar-refractivity contribution in [2.24, 2.45) is 15.7 Å². The molecule has 3 N–H and O–H groups in total. The quantitative estimate of drug-likeness (QED) is 0.0418. The number of hydrogen-bond donors (Lipinski definition) is 2. The molecule has 0 unspecified atom stereocenters. The maximum atomic E-state index is 15.7. The highest BCUT2D eigenvalue weighted by Crippen LogP contribution is 2.62. The van der Waals surface area contributed by atoms with E-state index in [1.165, 1.54) is 63.9 Å². The number of aliphatic hydroxyl groups is 1. The first-order valence-corrected chi connectivity index (χ1v) is 34.9. The first-order valence-electron chi connectivity index (χ1n) is 28.0. The summed E-state index contributed by atoms with van der Waals surface area (Å²) in [5.41, 5.74) is 2.10. The van der Waals surface area contributed by atoms with Gasteiger partial charge in [-0.25, -0.2) is 82.6 Å². The number of aliphatic hydroxyl groups excluding tert-OH is 1. The molecule has 90 heavy (non-hydrogen) atoms. The molecular formula is C57H69ClF4N14O11S2Si. The molecule has 2 fully saturated rings. The Labute approximate surface area is 523 Å². The van der Waals surface area contributed by atoms with Gasteiger partial charge >= 0.3 is 6.09 Å². The Bertz CT molecular complexity index is 4010. The van der Waals surface area contributed by atoms with Gasteiger partial charge in [-0.2, -0.15) is 9.97 Å². The molecule has 0 bridgehead atoms. The predicted octanol–water partition coefficient (Wildman–Crippen LogP) is 9.23. The number of benzene rings is 2. The van der Waals surface area contributed by atoms with Crippen LogP contribution in [0.5, 0.6) is 5.88 Å². The van der Waals surface area contributed by atoms with Crippen molar-refractivity contribution in [2.45, 2.75) is 139 Å². The summed E-state index contributed by atoms with van der Waals surface area (Å²) in [6.45, 7) is 17.8. The Morgan fingerprint density at radius 1 is 0.778 bits per heavy atom. The van der Waals surface area contributed by atoms with Crippen LogP contribution in [0.4, 0.5) is 22.4 Å². The highest BCUT2D eigenvalue weighted by atomic mass is 35.5. The fourth-order valence-corrected chi connectivity index (χ4v) is 15.1. The Hall–Kier alpha value is -7.78. The van der Waals surface area contributed by atoms with Crippen molar-refractivity contribution in [2.75, 3.05) is 27.4 Å². The maximum Gasteiger partial charge on any atom is 0.419 e. The number of carbonyl (C=O) groups is 1. The van der Waals surface area contributed by atoms with Gasteiger partial charge in [0.05, 0.1) is 24.8 Å². The summed E-state index contributed by atoms with van der Waals surface area (Å²) in [6.07, 6.45) is 7.22. The molecule has 2 spiro atoms. The fraction of sp³-hybridized carbons (Fsp3) is 0.456. The molecule has 484 valence electrons. The molecule has 6 heterocycles. The average Bonchev–Trinajstić information content (AvgIpc) is 1.46. The minimum absolute atomic E-state index is 0.0114. The van der Waals surface area contributed by atoms with Gasteiger partial charge < -0.3 is 34.1 Å². The van der Waals surface area contributed by atoms with Gasteiger partial charge in [0.2, 0.25) is 37.8 Å². The van der Waals surface area contributed by atoms with Crippen LogP contribution in [0.25, 0.3) is 23.8 Å². The third-order valence-electron chi connectivity index (χ3n) is 15.2. The number of amides is 1. The molecular weight excluding hydrogens is 1260 g/mol. The van der Waals surface area contributed by atoms with Crippen molar-refractivity contribution in [1.29, 1.82) is 0 Å². The predicted molar refractivity (Wildman–Crippen MR) is 326 cm³/mol. The molecule has 2 saturated carbocycles.